The van der Waals surface area contributed by atoms with Crippen molar-refractivity contribution >= 4 is 33.3 Å². The zero-order chi connectivity index (χ0) is 25.0. The van der Waals surface area contributed by atoms with E-state index in [9.17, 15) is 18.0 Å². The van der Waals surface area contributed by atoms with Crippen molar-refractivity contribution < 1.29 is 18.0 Å². The van der Waals surface area contributed by atoms with Crippen LogP contribution in [0.4, 0.5) is 11.6 Å². The van der Waals surface area contributed by atoms with E-state index in [1.807, 2.05) is 6.07 Å². The lowest BCUT2D eigenvalue weighted by Gasteiger charge is -2.10. The molecular weight excluding hydrogens is 464 g/mol. The summed E-state index contributed by atoms with van der Waals surface area (Å²) in [6.45, 7) is 3.50. The van der Waals surface area contributed by atoms with Crippen LogP contribution in [0.1, 0.15) is 37.7 Å². The molecule has 0 unspecified atom stereocenters. The number of benzene rings is 3. The van der Waals surface area contributed by atoms with E-state index in [2.05, 4.69) is 20.0 Å². The third-order valence-corrected chi connectivity index (χ3v) is 6.42. The van der Waals surface area contributed by atoms with E-state index in [1.54, 1.807) is 68.4 Å². The lowest BCUT2D eigenvalue weighted by Crippen LogP contribution is -2.16. The summed E-state index contributed by atoms with van der Waals surface area (Å²) in [4.78, 5) is 33.3. The Morgan fingerprint density at radius 1 is 0.714 bits per heavy atom. The van der Waals surface area contributed by atoms with Gasteiger partial charge in [0.1, 0.15) is 0 Å². The number of anilines is 2. The molecule has 1 amide bonds. The fourth-order valence-electron chi connectivity index (χ4n) is 3.40. The molecular formula is C26H22N4O4S. The lowest BCUT2D eigenvalue weighted by atomic mass is 10.0. The predicted molar refractivity (Wildman–Crippen MR) is 133 cm³/mol. The number of nitrogens with zero attached hydrogens (tertiary/aromatic N) is 2. The fraction of sp³-hybridized carbons (Fsp3) is 0.0769. The lowest BCUT2D eigenvalue weighted by molar-refractivity contribution is 0.102. The second-order valence-electron chi connectivity index (χ2n) is 7.83. The molecule has 9 heteroatoms. The Balaban J connectivity index is 1.42. The van der Waals surface area contributed by atoms with Crippen LogP contribution in [0.15, 0.2) is 89.8 Å². The van der Waals surface area contributed by atoms with E-state index in [-0.39, 0.29) is 22.5 Å². The highest BCUT2D eigenvalue weighted by Gasteiger charge is 2.17. The summed E-state index contributed by atoms with van der Waals surface area (Å²) in [5.41, 5.74) is 3.11. The van der Waals surface area contributed by atoms with Crippen molar-refractivity contribution in [2.24, 2.45) is 0 Å². The molecule has 0 bridgehead atoms. The molecule has 0 aliphatic heterocycles. The van der Waals surface area contributed by atoms with Crippen LogP contribution in [0.25, 0.3) is 0 Å². The van der Waals surface area contributed by atoms with Crippen LogP contribution < -0.4 is 10.0 Å². The van der Waals surface area contributed by atoms with Gasteiger partial charge in [0.15, 0.2) is 5.78 Å². The summed E-state index contributed by atoms with van der Waals surface area (Å²) in [6.07, 6.45) is 0. The second kappa shape index (κ2) is 9.86. The highest BCUT2D eigenvalue weighted by atomic mass is 32.2. The molecule has 3 aromatic carbocycles. The van der Waals surface area contributed by atoms with Crippen molar-refractivity contribution in [1.29, 1.82) is 0 Å². The van der Waals surface area contributed by atoms with Gasteiger partial charge in [-0.25, -0.2) is 23.1 Å². The second-order valence-corrected chi connectivity index (χ2v) is 9.51. The Bertz CT molecular complexity index is 1460. The maximum absolute atomic E-state index is 12.7. The number of aryl methyl sites for hydroxylation is 2. The topological polar surface area (TPSA) is 118 Å². The van der Waals surface area contributed by atoms with Crippen molar-refractivity contribution in [2.75, 3.05) is 10.0 Å². The molecule has 2 N–H and O–H groups in total. The molecule has 35 heavy (non-hydrogen) atoms. The SMILES string of the molecule is Cc1cc(C)nc(NS(=O)(=O)c2ccc(NC(=O)c3ccc(C(=O)c4ccccc4)cc3)cc2)n1. The summed E-state index contributed by atoms with van der Waals surface area (Å²) in [6, 6.07) is 22.7. The Morgan fingerprint density at radius 2 is 1.26 bits per heavy atom. The molecule has 0 spiro atoms. The van der Waals surface area contributed by atoms with E-state index in [4.69, 9.17) is 0 Å². The summed E-state index contributed by atoms with van der Waals surface area (Å²) >= 11 is 0. The quantitative estimate of drug-likeness (QED) is 0.374. The van der Waals surface area contributed by atoms with Gasteiger partial charge >= 0.3 is 0 Å². The molecule has 4 rings (SSSR count). The summed E-state index contributed by atoms with van der Waals surface area (Å²) in [5.74, 6) is -0.524. The minimum atomic E-state index is -3.90. The molecule has 4 aromatic rings. The third-order valence-electron chi connectivity index (χ3n) is 5.08. The van der Waals surface area contributed by atoms with Gasteiger partial charge in [0.2, 0.25) is 5.95 Å². The molecule has 176 valence electrons. The van der Waals surface area contributed by atoms with Crippen molar-refractivity contribution in [2.45, 2.75) is 18.7 Å². The van der Waals surface area contributed by atoms with Gasteiger partial charge < -0.3 is 5.32 Å². The summed E-state index contributed by atoms with van der Waals surface area (Å²) in [7, 11) is -3.90. The van der Waals surface area contributed by atoms with Gasteiger partial charge in [0.05, 0.1) is 4.90 Å². The fourth-order valence-corrected chi connectivity index (χ4v) is 4.34. The van der Waals surface area contributed by atoms with Gasteiger partial charge in [-0.3, -0.25) is 9.59 Å². The van der Waals surface area contributed by atoms with E-state index < -0.39 is 10.0 Å². The first kappa shape index (κ1) is 23.8. The number of aromatic nitrogens is 2. The molecule has 0 radical (unpaired) electrons. The average molecular weight is 487 g/mol. The summed E-state index contributed by atoms with van der Waals surface area (Å²) in [5, 5.41) is 2.72. The van der Waals surface area contributed by atoms with E-state index in [1.165, 1.54) is 24.3 Å². The van der Waals surface area contributed by atoms with Crippen molar-refractivity contribution in [3.8, 4) is 0 Å². The molecule has 8 nitrogen and oxygen atoms in total. The van der Waals surface area contributed by atoms with Gasteiger partial charge in [0.25, 0.3) is 15.9 Å². The van der Waals surface area contributed by atoms with Crippen molar-refractivity contribution in [3.05, 3.63) is 113 Å². The van der Waals surface area contributed by atoms with Crippen LogP contribution in [0.5, 0.6) is 0 Å². The first-order valence-electron chi connectivity index (χ1n) is 10.7. The van der Waals surface area contributed by atoms with Crippen molar-refractivity contribution in [3.63, 3.8) is 0 Å². The van der Waals surface area contributed by atoms with Gasteiger partial charge in [-0.1, -0.05) is 42.5 Å². The molecule has 1 heterocycles. The van der Waals surface area contributed by atoms with Gasteiger partial charge in [-0.2, -0.15) is 0 Å². The Morgan fingerprint density at radius 3 is 1.86 bits per heavy atom. The largest absolute Gasteiger partial charge is 0.322 e. The number of hydrogen-bond acceptors (Lipinski definition) is 6. The van der Waals surface area contributed by atoms with Gasteiger partial charge in [0, 0.05) is 33.8 Å². The standard InChI is InChI=1S/C26H22N4O4S/c1-17-16-18(2)28-26(27-17)30-35(33,34)23-14-12-22(13-15-23)29-25(32)21-10-8-20(9-11-21)24(31)19-6-4-3-5-7-19/h3-16H,1-2H3,(H,29,32)(H,27,28,30). The molecule has 0 fully saturated rings. The smallest absolute Gasteiger partial charge is 0.264 e. The molecule has 0 atom stereocenters. The highest BCUT2D eigenvalue weighted by Crippen LogP contribution is 2.18. The van der Waals surface area contributed by atoms with Crippen LogP contribution >= 0.6 is 0 Å². The number of amides is 1. The van der Waals surface area contributed by atoms with E-state index in [0.29, 0.717) is 33.8 Å². The van der Waals surface area contributed by atoms with Crippen LogP contribution in [0.2, 0.25) is 0 Å². The maximum Gasteiger partial charge on any atom is 0.264 e. The molecule has 0 saturated carbocycles. The molecule has 1 aromatic heterocycles. The minimum Gasteiger partial charge on any atom is -0.322 e. The van der Waals surface area contributed by atoms with Crippen LogP contribution in [-0.2, 0) is 10.0 Å². The number of ketones is 1. The van der Waals surface area contributed by atoms with E-state index >= 15 is 0 Å². The van der Waals surface area contributed by atoms with Crippen LogP contribution in [0.3, 0.4) is 0 Å². The zero-order valence-corrected chi connectivity index (χ0v) is 19.8. The van der Waals surface area contributed by atoms with Gasteiger partial charge in [-0.15, -0.1) is 0 Å². The van der Waals surface area contributed by atoms with Gasteiger partial charge in [-0.05, 0) is 56.3 Å². The van der Waals surface area contributed by atoms with E-state index in [0.717, 1.165) is 0 Å². The molecule has 0 aliphatic rings. The first-order valence-corrected chi connectivity index (χ1v) is 12.2. The number of carbonyl (C=O) groups excluding carboxylic acids is 2. The third kappa shape index (κ3) is 5.77. The number of nitrogens with one attached hydrogen (secondary N) is 2. The van der Waals surface area contributed by atoms with Crippen LogP contribution in [-0.4, -0.2) is 30.1 Å². The Labute approximate surface area is 203 Å². The normalized spacial score (nSPS) is 11.0. The predicted octanol–water partition coefficient (Wildman–Crippen LogP) is 4.38. The molecule has 0 aliphatic carbocycles. The average Bonchev–Trinajstić information content (AvgIpc) is 2.83. The highest BCUT2D eigenvalue weighted by molar-refractivity contribution is 7.92. The zero-order valence-electron chi connectivity index (χ0n) is 19.0. The number of sulfonamides is 1. The summed E-state index contributed by atoms with van der Waals surface area (Å²) < 4.78 is 27.7. The number of rotatable bonds is 7. The number of carbonyl (C=O) groups is 2. The molecule has 0 saturated heterocycles. The van der Waals surface area contributed by atoms with Crippen LogP contribution in [0, 0.1) is 13.8 Å². The maximum atomic E-state index is 12.7. The van der Waals surface area contributed by atoms with Crippen molar-refractivity contribution in [1.82, 2.24) is 9.97 Å². The Hall–Kier alpha value is -4.37. The first-order chi connectivity index (χ1) is 16.7. The number of hydrogen-bond donors (Lipinski definition) is 2. The minimum absolute atomic E-state index is 0.00188. The monoisotopic (exact) mass is 486 g/mol. The Kier molecular flexibility index (Phi) is 6.70.